The first-order chi connectivity index (χ1) is 12.9. The molecule has 0 aromatic heterocycles. The number of amides is 3. The molecule has 0 saturated carbocycles. The Morgan fingerprint density at radius 2 is 2.00 bits per heavy atom. The van der Waals surface area contributed by atoms with Gasteiger partial charge in [0, 0.05) is 23.9 Å². The van der Waals surface area contributed by atoms with Crippen LogP contribution in [0.15, 0.2) is 24.3 Å². The average molecular weight is 366 g/mol. The lowest BCUT2D eigenvalue weighted by Gasteiger charge is -2.27. The largest absolute Gasteiger partial charge is 0.465 e. The Labute approximate surface area is 153 Å². The molecule has 0 bridgehead atoms. The highest BCUT2D eigenvalue weighted by Gasteiger charge is 2.35. The molecule has 1 atom stereocenters. The fraction of sp³-hybridized carbons (Fsp3) is 0.222. The fourth-order valence-corrected chi connectivity index (χ4v) is 3.82. The van der Waals surface area contributed by atoms with Crippen LogP contribution >= 0.6 is 0 Å². The second-order valence-electron chi connectivity index (χ2n) is 6.46. The van der Waals surface area contributed by atoms with E-state index >= 15 is 0 Å². The Bertz CT molecular complexity index is 1060. The highest BCUT2D eigenvalue weighted by Crippen LogP contribution is 2.39. The molecule has 9 nitrogen and oxygen atoms in total. The monoisotopic (exact) mass is 366 g/mol. The summed E-state index contributed by atoms with van der Waals surface area (Å²) in [6, 6.07) is 8.01. The van der Waals surface area contributed by atoms with Gasteiger partial charge in [0.25, 0.3) is 11.8 Å². The predicted molar refractivity (Wildman–Crippen MR) is 92.7 cm³/mol. The van der Waals surface area contributed by atoms with E-state index in [4.69, 9.17) is 5.11 Å². The second kappa shape index (κ2) is 5.96. The standard InChI is InChI=1S/C18H14N4O5/c19-7-9-6-13-14-11(2-1-3-12(14)16(23)22(27)17(13)24)15(9)21-5-4-10(8-21)20-18(25)26/h1-3,6,10,20,27H,4-5,8H2,(H,25,26)/t10-/m0/s1. The van der Waals surface area contributed by atoms with E-state index in [0.29, 0.717) is 36.0 Å². The molecule has 9 heteroatoms. The van der Waals surface area contributed by atoms with Gasteiger partial charge in [0.1, 0.15) is 6.07 Å². The van der Waals surface area contributed by atoms with Crippen molar-refractivity contribution in [1.82, 2.24) is 10.4 Å². The highest BCUT2D eigenvalue weighted by atomic mass is 16.5. The zero-order valence-corrected chi connectivity index (χ0v) is 14.0. The first-order valence-electron chi connectivity index (χ1n) is 8.24. The number of nitriles is 1. The number of carbonyl (C=O) groups is 3. The quantitative estimate of drug-likeness (QED) is 0.542. The molecule has 0 unspecified atom stereocenters. The zero-order valence-electron chi connectivity index (χ0n) is 14.0. The summed E-state index contributed by atoms with van der Waals surface area (Å²) in [5, 5.41) is 31.7. The lowest BCUT2D eigenvalue weighted by Crippen LogP contribution is -2.38. The minimum atomic E-state index is -1.11. The van der Waals surface area contributed by atoms with E-state index in [0.717, 1.165) is 0 Å². The van der Waals surface area contributed by atoms with Crippen molar-refractivity contribution in [3.8, 4) is 6.07 Å². The lowest BCUT2D eigenvalue weighted by molar-refractivity contribution is -0.0377. The summed E-state index contributed by atoms with van der Waals surface area (Å²) < 4.78 is 0. The van der Waals surface area contributed by atoms with Gasteiger partial charge >= 0.3 is 6.09 Å². The molecule has 2 aliphatic rings. The van der Waals surface area contributed by atoms with Gasteiger partial charge in [0.15, 0.2) is 0 Å². The molecule has 2 aromatic rings. The molecular weight excluding hydrogens is 352 g/mol. The second-order valence-corrected chi connectivity index (χ2v) is 6.46. The molecule has 1 fully saturated rings. The predicted octanol–water partition coefficient (Wildman–Crippen LogP) is 1.54. The third kappa shape index (κ3) is 2.46. The van der Waals surface area contributed by atoms with Crippen LogP contribution in [0.4, 0.5) is 10.5 Å². The van der Waals surface area contributed by atoms with Crippen LogP contribution in [0.5, 0.6) is 0 Å². The third-order valence-corrected chi connectivity index (χ3v) is 4.93. The van der Waals surface area contributed by atoms with E-state index in [-0.39, 0.29) is 27.8 Å². The van der Waals surface area contributed by atoms with Gasteiger partial charge in [-0.3, -0.25) is 14.8 Å². The summed E-state index contributed by atoms with van der Waals surface area (Å²) in [7, 11) is 0. The minimum Gasteiger partial charge on any atom is -0.465 e. The molecule has 0 spiro atoms. The number of carboxylic acid groups (broad SMARTS) is 1. The number of carbonyl (C=O) groups excluding carboxylic acids is 2. The molecule has 2 aromatic carbocycles. The molecule has 27 heavy (non-hydrogen) atoms. The Hall–Kier alpha value is -3.64. The Balaban J connectivity index is 1.91. The van der Waals surface area contributed by atoms with Crippen LogP contribution in [0.2, 0.25) is 0 Å². The molecule has 1 saturated heterocycles. The topological polar surface area (TPSA) is 134 Å². The van der Waals surface area contributed by atoms with Crippen LogP contribution < -0.4 is 10.2 Å². The van der Waals surface area contributed by atoms with Crippen LogP contribution in [-0.4, -0.2) is 52.4 Å². The summed E-state index contributed by atoms with van der Waals surface area (Å²) >= 11 is 0. The van der Waals surface area contributed by atoms with Gasteiger partial charge in [-0.05, 0) is 18.6 Å². The van der Waals surface area contributed by atoms with Gasteiger partial charge in [0.2, 0.25) is 0 Å². The molecule has 2 heterocycles. The number of nitrogens with one attached hydrogen (secondary N) is 1. The van der Waals surface area contributed by atoms with E-state index < -0.39 is 17.9 Å². The van der Waals surface area contributed by atoms with Crippen LogP contribution in [0.1, 0.15) is 32.7 Å². The minimum absolute atomic E-state index is 0.0562. The molecule has 136 valence electrons. The fourth-order valence-electron chi connectivity index (χ4n) is 3.82. The molecule has 4 rings (SSSR count). The SMILES string of the molecule is N#Cc1cc2c3c(cccc3c1N1CC[C@H](NC(=O)O)C1)C(=O)N(O)C2=O. The van der Waals surface area contributed by atoms with Crippen LogP contribution in [0, 0.1) is 11.3 Å². The third-order valence-electron chi connectivity index (χ3n) is 4.93. The maximum atomic E-state index is 12.3. The first kappa shape index (κ1) is 16.8. The number of imide groups is 1. The van der Waals surface area contributed by atoms with E-state index in [1.54, 1.807) is 12.1 Å². The van der Waals surface area contributed by atoms with Crippen molar-refractivity contribution in [3.63, 3.8) is 0 Å². The van der Waals surface area contributed by atoms with Crippen LogP contribution in [0.25, 0.3) is 10.8 Å². The lowest BCUT2D eigenvalue weighted by atomic mass is 9.91. The van der Waals surface area contributed by atoms with Crippen molar-refractivity contribution in [3.05, 3.63) is 41.0 Å². The molecular formula is C18H14N4O5. The normalized spacial score (nSPS) is 18.7. The Morgan fingerprint density at radius 1 is 1.26 bits per heavy atom. The Kier molecular flexibility index (Phi) is 3.71. The number of hydrogen-bond donors (Lipinski definition) is 3. The molecule has 3 amide bonds. The Morgan fingerprint density at radius 3 is 2.70 bits per heavy atom. The number of benzene rings is 2. The number of rotatable bonds is 2. The maximum Gasteiger partial charge on any atom is 0.404 e. The van der Waals surface area contributed by atoms with Gasteiger partial charge in [-0.15, -0.1) is 5.06 Å². The maximum absolute atomic E-state index is 12.3. The summed E-state index contributed by atoms with van der Waals surface area (Å²) in [5.41, 5.74) is 1.04. The summed E-state index contributed by atoms with van der Waals surface area (Å²) in [4.78, 5) is 37.4. The van der Waals surface area contributed by atoms with Crippen molar-refractivity contribution in [1.29, 1.82) is 5.26 Å². The number of hydrogen-bond acceptors (Lipinski definition) is 6. The van der Waals surface area contributed by atoms with Crippen LogP contribution in [0.3, 0.4) is 0 Å². The van der Waals surface area contributed by atoms with Gasteiger partial charge in [0.05, 0.1) is 28.4 Å². The zero-order chi connectivity index (χ0) is 19.3. The number of nitrogens with zero attached hydrogens (tertiary/aromatic N) is 3. The summed E-state index contributed by atoms with van der Waals surface area (Å²) in [5.74, 6) is -1.70. The van der Waals surface area contributed by atoms with Crippen molar-refractivity contribution in [2.24, 2.45) is 0 Å². The van der Waals surface area contributed by atoms with Crippen molar-refractivity contribution in [2.75, 3.05) is 18.0 Å². The van der Waals surface area contributed by atoms with E-state index in [1.165, 1.54) is 12.1 Å². The van der Waals surface area contributed by atoms with Crippen molar-refractivity contribution >= 4 is 34.4 Å². The van der Waals surface area contributed by atoms with Crippen molar-refractivity contribution < 1.29 is 24.7 Å². The van der Waals surface area contributed by atoms with Crippen molar-refractivity contribution in [2.45, 2.75) is 12.5 Å². The molecule has 2 aliphatic heterocycles. The number of anilines is 1. The number of hydroxylamine groups is 2. The van der Waals surface area contributed by atoms with Gasteiger partial charge in [-0.1, -0.05) is 12.1 Å². The van der Waals surface area contributed by atoms with E-state index in [1.807, 2.05) is 4.90 Å². The van der Waals surface area contributed by atoms with Gasteiger partial charge in [-0.25, -0.2) is 4.79 Å². The average Bonchev–Trinajstić information content (AvgIpc) is 3.10. The van der Waals surface area contributed by atoms with Crippen LogP contribution in [-0.2, 0) is 0 Å². The smallest absolute Gasteiger partial charge is 0.404 e. The summed E-state index contributed by atoms with van der Waals surface area (Å²) in [6.45, 7) is 0.889. The summed E-state index contributed by atoms with van der Waals surface area (Å²) in [6.07, 6.45) is -0.541. The molecule has 3 N–H and O–H groups in total. The van der Waals surface area contributed by atoms with E-state index in [9.17, 15) is 24.9 Å². The molecule has 0 aliphatic carbocycles. The van der Waals surface area contributed by atoms with Gasteiger partial charge < -0.3 is 15.3 Å². The highest BCUT2D eigenvalue weighted by molar-refractivity contribution is 6.26. The molecule has 0 radical (unpaired) electrons. The van der Waals surface area contributed by atoms with E-state index in [2.05, 4.69) is 11.4 Å². The first-order valence-corrected chi connectivity index (χ1v) is 8.24. The van der Waals surface area contributed by atoms with Gasteiger partial charge in [-0.2, -0.15) is 5.26 Å².